The van der Waals surface area contributed by atoms with Gasteiger partial charge in [0.05, 0.1) is 12.0 Å². The fourth-order valence-electron chi connectivity index (χ4n) is 2.73. The van der Waals surface area contributed by atoms with E-state index in [0.717, 1.165) is 0 Å². The van der Waals surface area contributed by atoms with Crippen molar-refractivity contribution in [2.24, 2.45) is 0 Å². The maximum atomic E-state index is 12.6. The molecule has 2 N–H and O–H groups in total. The summed E-state index contributed by atoms with van der Waals surface area (Å²) in [5, 5.41) is 22.9. The smallest absolute Gasteiger partial charge is 0.326 e. The summed E-state index contributed by atoms with van der Waals surface area (Å²) in [6, 6.07) is 11.2. The van der Waals surface area contributed by atoms with Crippen molar-refractivity contribution in [2.45, 2.75) is 18.6 Å². The molecule has 0 aliphatic carbocycles. The minimum atomic E-state index is -1.33. The lowest BCUT2D eigenvalue weighted by Gasteiger charge is -2.20. The number of nitro groups is 1. The van der Waals surface area contributed by atoms with Crippen LogP contribution >= 0.6 is 0 Å². The first kappa shape index (κ1) is 20.8. The van der Waals surface area contributed by atoms with E-state index in [1.54, 1.807) is 30.3 Å². The average molecular weight is 388 g/mol. The van der Waals surface area contributed by atoms with Gasteiger partial charge in [-0.15, -0.1) is 0 Å². The molecule has 0 aliphatic heterocycles. The Labute approximate surface area is 161 Å². The zero-order valence-electron chi connectivity index (χ0n) is 15.3. The summed E-state index contributed by atoms with van der Waals surface area (Å²) in [6.07, 6.45) is -1.19. The van der Waals surface area contributed by atoms with Gasteiger partial charge in [0.1, 0.15) is 11.8 Å². The summed E-state index contributed by atoms with van der Waals surface area (Å²) < 4.78 is 10.4. The highest BCUT2D eigenvalue weighted by Gasteiger charge is 2.28. The molecule has 0 spiro atoms. The van der Waals surface area contributed by atoms with Gasteiger partial charge in [-0.2, -0.15) is 0 Å². The normalized spacial score (nSPS) is 12.6. The maximum Gasteiger partial charge on any atom is 0.326 e. The van der Waals surface area contributed by atoms with Crippen LogP contribution in [0.1, 0.15) is 17.2 Å². The van der Waals surface area contributed by atoms with Gasteiger partial charge in [0, 0.05) is 31.2 Å². The van der Waals surface area contributed by atoms with Crippen molar-refractivity contribution >= 4 is 17.6 Å². The molecule has 2 rings (SSSR count). The molecule has 0 saturated heterocycles. The number of amides is 1. The summed E-state index contributed by atoms with van der Waals surface area (Å²) >= 11 is 0. The molecule has 2 aromatic carbocycles. The first-order valence-corrected chi connectivity index (χ1v) is 8.29. The number of carboxylic acid groups (broad SMARTS) is 1. The fraction of sp³-hybridized carbons (Fsp3) is 0.263. The van der Waals surface area contributed by atoms with Crippen molar-refractivity contribution in [1.29, 1.82) is 0 Å². The molecule has 0 saturated carbocycles. The second kappa shape index (κ2) is 9.47. The Bertz CT molecular complexity index is 855. The van der Waals surface area contributed by atoms with E-state index in [0.29, 0.717) is 5.56 Å². The number of hydrogen-bond acceptors (Lipinski definition) is 6. The minimum absolute atomic E-state index is 0.197. The molecule has 0 aliphatic rings. The minimum Gasteiger partial charge on any atom is -0.496 e. The van der Waals surface area contributed by atoms with E-state index >= 15 is 0 Å². The molecule has 148 valence electrons. The monoisotopic (exact) mass is 388 g/mol. The van der Waals surface area contributed by atoms with Crippen LogP contribution in [0.2, 0.25) is 0 Å². The summed E-state index contributed by atoms with van der Waals surface area (Å²) in [4.78, 5) is 34.7. The van der Waals surface area contributed by atoms with Crippen molar-refractivity contribution in [3.05, 3.63) is 69.8 Å². The largest absolute Gasteiger partial charge is 0.496 e. The fourth-order valence-corrected chi connectivity index (χ4v) is 2.73. The molecular formula is C19H20N2O7. The third-order valence-electron chi connectivity index (χ3n) is 4.09. The van der Waals surface area contributed by atoms with Crippen LogP contribution in [0.25, 0.3) is 0 Å². The van der Waals surface area contributed by atoms with Crippen molar-refractivity contribution in [2.75, 3.05) is 14.2 Å². The van der Waals surface area contributed by atoms with Gasteiger partial charge in [0.25, 0.3) is 11.6 Å². The molecule has 2 atom stereocenters. The van der Waals surface area contributed by atoms with E-state index in [1.165, 1.54) is 32.4 Å². The third-order valence-corrected chi connectivity index (χ3v) is 4.09. The van der Waals surface area contributed by atoms with E-state index in [9.17, 15) is 24.8 Å². The highest BCUT2D eigenvalue weighted by molar-refractivity contribution is 5.87. The Morgan fingerprint density at radius 1 is 1.18 bits per heavy atom. The molecule has 9 heteroatoms. The first-order valence-electron chi connectivity index (χ1n) is 8.29. The predicted octanol–water partition coefficient (Wildman–Crippen LogP) is 2.10. The van der Waals surface area contributed by atoms with Crippen LogP contribution < -0.4 is 10.1 Å². The molecule has 0 bridgehead atoms. The highest BCUT2D eigenvalue weighted by atomic mass is 16.6. The maximum absolute atomic E-state index is 12.6. The number of hydrogen-bond donors (Lipinski definition) is 2. The van der Waals surface area contributed by atoms with E-state index in [4.69, 9.17) is 9.47 Å². The number of nitro benzene ring substituents is 1. The van der Waals surface area contributed by atoms with E-state index < -0.39 is 28.9 Å². The Hall–Kier alpha value is -3.46. The van der Waals surface area contributed by atoms with Crippen molar-refractivity contribution in [1.82, 2.24) is 5.32 Å². The van der Waals surface area contributed by atoms with Crippen LogP contribution in [-0.2, 0) is 20.7 Å². The predicted molar refractivity (Wildman–Crippen MR) is 99.1 cm³/mol. The first-order chi connectivity index (χ1) is 13.4. The van der Waals surface area contributed by atoms with Crippen molar-refractivity contribution in [3.63, 3.8) is 0 Å². The van der Waals surface area contributed by atoms with Gasteiger partial charge >= 0.3 is 5.97 Å². The highest BCUT2D eigenvalue weighted by Crippen LogP contribution is 2.25. The lowest BCUT2D eigenvalue weighted by atomic mass is 10.0. The Morgan fingerprint density at radius 3 is 2.39 bits per heavy atom. The lowest BCUT2D eigenvalue weighted by Crippen LogP contribution is -2.44. The number of carbonyl (C=O) groups excluding carboxylic acids is 1. The molecule has 0 fully saturated rings. The molecule has 0 radical (unpaired) electrons. The van der Waals surface area contributed by atoms with Crippen LogP contribution in [0.15, 0.2) is 48.5 Å². The summed E-state index contributed by atoms with van der Waals surface area (Å²) in [7, 11) is 2.71. The van der Waals surface area contributed by atoms with Crippen LogP contribution in [0.3, 0.4) is 0 Å². The number of carbonyl (C=O) groups is 2. The average Bonchev–Trinajstić information content (AvgIpc) is 2.68. The number of aliphatic carboxylic acids is 1. The van der Waals surface area contributed by atoms with Gasteiger partial charge in [0.15, 0.2) is 6.10 Å². The molecule has 28 heavy (non-hydrogen) atoms. The van der Waals surface area contributed by atoms with E-state index in [1.807, 2.05) is 0 Å². The van der Waals surface area contributed by atoms with Crippen molar-refractivity contribution in [3.8, 4) is 5.75 Å². The number of rotatable bonds is 9. The number of non-ortho nitro benzene ring substituents is 1. The zero-order chi connectivity index (χ0) is 20.7. The van der Waals surface area contributed by atoms with Gasteiger partial charge in [-0.3, -0.25) is 14.9 Å². The zero-order valence-corrected chi connectivity index (χ0v) is 15.3. The molecule has 0 heterocycles. The Balaban J connectivity index is 2.24. The molecule has 2 aromatic rings. The summed E-state index contributed by atoms with van der Waals surface area (Å²) in [6.45, 7) is 0. The van der Waals surface area contributed by atoms with Crippen molar-refractivity contribution < 1.29 is 29.1 Å². The summed E-state index contributed by atoms with van der Waals surface area (Å²) in [5.41, 5.74) is 0.656. The number of methoxy groups -OCH3 is 2. The molecule has 9 nitrogen and oxygen atoms in total. The second-order valence-corrected chi connectivity index (χ2v) is 5.88. The topological polar surface area (TPSA) is 128 Å². The van der Waals surface area contributed by atoms with Crippen LogP contribution in [-0.4, -0.2) is 42.2 Å². The van der Waals surface area contributed by atoms with Gasteiger partial charge in [-0.1, -0.05) is 30.3 Å². The van der Waals surface area contributed by atoms with E-state index in [-0.39, 0.29) is 23.4 Å². The number of nitrogens with one attached hydrogen (secondary N) is 1. The van der Waals surface area contributed by atoms with Gasteiger partial charge in [-0.05, 0) is 11.6 Å². The SMILES string of the molecule is COc1ccc([N+](=O)[O-])cc1C[C@H](NC(=O)[C@@H](OC)c1ccccc1)C(=O)O. The number of carboxylic acids is 1. The molecule has 0 aromatic heterocycles. The Kier molecular flexibility index (Phi) is 7.05. The van der Waals surface area contributed by atoms with Gasteiger partial charge in [0.2, 0.25) is 0 Å². The van der Waals surface area contributed by atoms with Crippen LogP contribution in [0.4, 0.5) is 5.69 Å². The third kappa shape index (κ3) is 5.04. The quantitative estimate of drug-likeness (QED) is 0.497. The molecule has 1 amide bonds. The van der Waals surface area contributed by atoms with Crippen LogP contribution in [0.5, 0.6) is 5.75 Å². The standard InChI is InChI=1S/C19H20N2O7/c1-27-16-9-8-14(21(25)26)10-13(16)11-15(19(23)24)20-18(22)17(28-2)12-6-4-3-5-7-12/h3-10,15,17H,11H2,1-2H3,(H,20,22)(H,23,24)/t15-,17-/m0/s1. The lowest BCUT2D eigenvalue weighted by molar-refractivity contribution is -0.384. The second-order valence-electron chi connectivity index (χ2n) is 5.88. The van der Waals surface area contributed by atoms with E-state index in [2.05, 4.69) is 5.32 Å². The summed E-state index contributed by atoms with van der Waals surface area (Å²) in [5.74, 6) is -1.63. The Morgan fingerprint density at radius 2 is 1.86 bits per heavy atom. The van der Waals surface area contributed by atoms with Crippen LogP contribution in [0, 0.1) is 10.1 Å². The number of ether oxygens (including phenoxy) is 2. The number of benzene rings is 2. The molecular weight excluding hydrogens is 368 g/mol. The van der Waals surface area contributed by atoms with Gasteiger partial charge < -0.3 is 19.9 Å². The number of nitrogens with zero attached hydrogens (tertiary/aromatic N) is 1. The molecule has 0 unspecified atom stereocenters. The van der Waals surface area contributed by atoms with Gasteiger partial charge in [-0.25, -0.2) is 4.79 Å².